The summed E-state index contributed by atoms with van der Waals surface area (Å²) < 4.78 is 0. The minimum atomic E-state index is 0.165. The number of nitrogens with zero attached hydrogens (tertiary/aromatic N) is 1. The monoisotopic (exact) mass is 156 g/mol. The van der Waals surface area contributed by atoms with E-state index in [2.05, 4.69) is 37.2 Å². The van der Waals surface area contributed by atoms with Crippen molar-refractivity contribution in [2.75, 3.05) is 7.05 Å². The molecule has 11 heavy (non-hydrogen) atoms. The maximum Gasteiger partial charge on any atom is 0.0568 e. The zero-order chi connectivity index (χ0) is 8.48. The molecular formula is C7H16N4. The van der Waals surface area contributed by atoms with Crippen LogP contribution in [-0.4, -0.2) is 12.2 Å². The lowest BCUT2D eigenvalue weighted by atomic mass is 9.93. The Morgan fingerprint density at radius 3 is 2.36 bits per heavy atom. The van der Waals surface area contributed by atoms with Gasteiger partial charge in [0.1, 0.15) is 0 Å². The van der Waals surface area contributed by atoms with E-state index in [9.17, 15) is 0 Å². The lowest BCUT2D eigenvalue weighted by molar-refractivity contribution is 0.205. The fraction of sp³-hybridized carbons (Fsp3) is 0.714. The topological polar surface area (TPSA) is 39.3 Å². The van der Waals surface area contributed by atoms with Gasteiger partial charge in [0, 0.05) is 12.5 Å². The summed E-state index contributed by atoms with van der Waals surface area (Å²) in [5.41, 5.74) is 10.3. The molecule has 0 radical (unpaired) electrons. The molecule has 0 aromatic heterocycles. The zero-order valence-electron chi connectivity index (χ0n) is 7.52. The van der Waals surface area contributed by atoms with Gasteiger partial charge in [0.05, 0.1) is 11.9 Å². The second kappa shape index (κ2) is 2.71. The second-order valence-electron chi connectivity index (χ2n) is 3.62. The highest BCUT2D eigenvalue weighted by Gasteiger charge is 2.21. The molecule has 0 spiro atoms. The van der Waals surface area contributed by atoms with Gasteiger partial charge in [-0.3, -0.25) is 0 Å². The van der Waals surface area contributed by atoms with Crippen molar-refractivity contribution >= 4 is 0 Å². The Morgan fingerprint density at radius 1 is 1.45 bits per heavy atom. The summed E-state index contributed by atoms with van der Waals surface area (Å²) in [5, 5.41) is 1.78. The molecule has 0 bridgehead atoms. The van der Waals surface area contributed by atoms with Crippen molar-refractivity contribution in [3.05, 3.63) is 11.9 Å². The average molecular weight is 156 g/mol. The molecule has 0 unspecified atom stereocenters. The Balaban J connectivity index is 2.62. The molecule has 1 aliphatic heterocycles. The Kier molecular flexibility index (Phi) is 2.06. The molecule has 0 fully saturated rings. The standard InChI is InChI=1S/C7H16N4/c1-7(2,3)6-5-11(8-4)10-9-6/h5,8-10H,1-4H3. The molecule has 0 aromatic carbocycles. The number of rotatable bonds is 1. The van der Waals surface area contributed by atoms with Crippen molar-refractivity contribution in [2.45, 2.75) is 20.8 Å². The molecule has 4 heteroatoms. The van der Waals surface area contributed by atoms with Gasteiger partial charge in [-0.2, -0.15) is 0 Å². The van der Waals surface area contributed by atoms with Gasteiger partial charge in [-0.1, -0.05) is 20.8 Å². The molecule has 0 saturated heterocycles. The second-order valence-corrected chi connectivity index (χ2v) is 3.62. The van der Waals surface area contributed by atoms with Crippen molar-refractivity contribution in [1.82, 2.24) is 21.5 Å². The summed E-state index contributed by atoms with van der Waals surface area (Å²) in [6, 6.07) is 0. The minimum absolute atomic E-state index is 0.165. The molecule has 0 aromatic rings. The van der Waals surface area contributed by atoms with Crippen LogP contribution in [0.3, 0.4) is 0 Å². The number of hydrazine groups is 3. The summed E-state index contributed by atoms with van der Waals surface area (Å²) in [7, 11) is 1.86. The number of allylic oxidation sites excluding steroid dienone is 1. The Bertz CT molecular complexity index is 168. The van der Waals surface area contributed by atoms with Crippen LogP contribution in [-0.2, 0) is 0 Å². The number of hydrogen-bond donors (Lipinski definition) is 3. The third-order valence-electron chi connectivity index (χ3n) is 1.62. The Hall–Kier alpha value is -0.740. The molecule has 64 valence electrons. The first-order chi connectivity index (χ1) is 5.04. The van der Waals surface area contributed by atoms with Crippen LogP contribution in [0.1, 0.15) is 20.8 Å². The molecule has 0 amide bonds. The first-order valence-electron chi connectivity index (χ1n) is 3.74. The molecule has 0 aliphatic carbocycles. The predicted octanol–water partition coefficient (Wildman–Crippen LogP) is 0.333. The van der Waals surface area contributed by atoms with Crippen LogP contribution in [0.2, 0.25) is 0 Å². The van der Waals surface area contributed by atoms with E-state index in [1.54, 1.807) is 5.12 Å². The lowest BCUT2D eigenvalue weighted by Gasteiger charge is -2.18. The van der Waals surface area contributed by atoms with Crippen LogP contribution in [0.4, 0.5) is 0 Å². The third kappa shape index (κ3) is 1.85. The zero-order valence-corrected chi connectivity index (χ0v) is 7.52. The van der Waals surface area contributed by atoms with Crippen LogP contribution < -0.4 is 16.4 Å². The lowest BCUT2D eigenvalue weighted by Crippen LogP contribution is -2.43. The van der Waals surface area contributed by atoms with Gasteiger partial charge in [0.25, 0.3) is 0 Å². The van der Waals surface area contributed by atoms with Crippen molar-refractivity contribution in [3.8, 4) is 0 Å². The number of nitrogens with one attached hydrogen (secondary N) is 3. The molecule has 0 saturated carbocycles. The van der Waals surface area contributed by atoms with E-state index in [4.69, 9.17) is 0 Å². The minimum Gasteiger partial charge on any atom is -0.305 e. The maximum atomic E-state index is 3.07. The van der Waals surface area contributed by atoms with E-state index in [0.717, 1.165) is 0 Å². The molecule has 1 heterocycles. The van der Waals surface area contributed by atoms with Crippen LogP contribution in [0.5, 0.6) is 0 Å². The largest absolute Gasteiger partial charge is 0.305 e. The Labute approximate surface area is 67.6 Å². The maximum absolute atomic E-state index is 3.07. The molecular weight excluding hydrogens is 140 g/mol. The first kappa shape index (κ1) is 8.36. The molecule has 1 rings (SSSR count). The van der Waals surface area contributed by atoms with E-state index in [1.165, 1.54) is 5.70 Å². The van der Waals surface area contributed by atoms with Crippen molar-refractivity contribution in [1.29, 1.82) is 0 Å². The molecule has 3 N–H and O–H groups in total. The van der Waals surface area contributed by atoms with Gasteiger partial charge in [0.15, 0.2) is 0 Å². The van der Waals surface area contributed by atoms with Gasteiger partial charge in [0.2, 0.25) is 0 Å². The van der Waals surface area contributed by atoms with E-state index >= 15 is 0 Å². The fourth-order valence-corrected chi connectivity index (χ4v) is 0.816. The average Bonchev–Trinajstić information content (AvgIpc) is 2.32. The molecule has 4 nitrogen and oxygen atoms in total. The first-order valence-corrected chi connectivity index (χ1v) is 3.74. The van der Waals surface area contributed by atoms with Gasteiger partial charge in [-0.25, -0.2) is 10.5 Å². The number of hydrogen-bond acceptors (Lipinski definition) is 4. The predicted molar refractivity (Wildman–Crippen MR) is 44.7 cm³/mol. The van der Waals surface area contributed by atoms with Gasteiger partial charge < -0.3 is 5.43 Å². The van der Waals surface area contributed by atoms with Crippen LogP contribution in [0.15, 0.2) is 11.9 Å². The van der Waals surface area contributed by atoms with Gasteiger partial charge in [-0.15, -0.1) is 5.53 Å². The normalized spacial score (nSPS) is 18.2. The highest BCUT2D eigenvalue weighted by Crippen LogP contribution is 2.23. The van der Waals surface area contributed by atoms with Crippen LogP contribution in [0.25, 0.3) is 0 Å². The van der Waals surface area contributed by atoms with E-state index in [1.807, 2.05) is 13.2 Å². The molecule has 1 aliphatic rings. The summed E-state index contributed by atoms with van der Waals surface area (Å²) in [5.74, 6) is 0. The summed E-state index contributed by atoms with van der Waals surface area (Å²) >= 11 is 0. The van der Waals surface area contributed by atoms with Crippen molar-refractivity contribution < 1.29 is 0 Å². The van der Waals surface area contributed by atoms with Crippen molar-refractivity contribution in [3.63, 3.8) is 0 Å². The summed E-state index contributed by atoms with van der Waals surface area (Å²) in [6.07, 6.45) is 2.00. The summed E-state index contributed by atoms with van der Waals surface area (Å²) in [6.45, 7) is 6.48. The molecule has 0 atom stereocenters. The smallest absolute Gasteiger partial charge is 0.0568 e. The van der Waals surface area contributed by atoms with Gasteiger partial charge in [-0.05, 0) is 0 Å². The Morgan fingerprint density at radius 2 is 2.09 bits per heavy atom. The quantitative estimate of drug-likeness (QED) is 0.512. The van der Waals surface area contributed by atoms with Crippen LogP contribution >= 0.6 is 0 Å². The summed E-state index contributed by atoms with van der Waals surface area (Å²) in [4.78, 5) is 0. The van der Waals surface area contributed by atoms with Crippen LogP contribution in [0, 0.1) is 5.41 Å². The van der Waals surface area contributed by atoms with E-state index < -0.39 is 0 Å². The highest BCUT2D eigenvalue weighted by atomic mass is 15.8. The van der Waals surface area contributed by atoms with Gasteiger partial charge >= 0.3 is 0 Å². The highest BCUT2D eigenvalue weighted by molar-refractivity contribution is 5.09. The van der Waals surface area contributed by atoms with Crippen molar-refractivity contribution in [2.24, 2.45) is 5.41 Å². The van der Waals surface area contributed by atoms with E-state index in [0.29, 0.717) is 0 Å². The fourth-order valence-electron chi connectivity index (χ4n) is 0.816. The SMILES string of the molecule is CNN1C=C(C(C)(C)C)NN1. The van der Waals surface area contributed by atoms with E-state index in [-0.39, 0.29) is 5.41 Å². The third-order valence-corrected chi connectivity index (χ3v) is 1.62.